The van der Waals surface area contributed by atoms with Gasteiger partial charge in [0.05, 0.1) is 12.7 Å². The molecule has 2 N–H and O–H groups in total. The Kier molecular flexibility index (Phi) is 3.40. The smallest absolute Gasteiger partial charge is 0.252 e. The van der Waals surface area contributed by atoms with Gasteiger partial charge in [0.2, 0.25) is 11.8 Å². The van der Waals surface area contributed by atoms with Gasteiger partial charge in [-0.1, -0.05) is 0 Å². The lowest BCUT2D eigenvalue weighted by Gasteiger charge is -2.14. The van der Waals surface area contributed by atoms with E-state index in [9.17, 15) is 14.4 Å². The number of nitrogens with one attached hydrogen (secondary N) is 2. The van der Waals surface area contributed by atoms with Crippen LogP contribution < -0.4 is 5.32 Å². The van der Waals surface area contributed by atoms with Crippen LogP contribution in [0.5, 0.6) is 0 Å². The number of nitrogens with zero attached hydrogens (tertiary/aromatic N) is 2. The number of carbonyl (C=O) groups excluding carboxylic acids is 3. The van der Waals surface area contributed by atoms with Gasteiger partial charge in [0.25, 0.3) is 5.91 Å². The number of H-pyrrole nitrogens is 1. The number of hydrogen-bond acceptors (Lipinski definition) is 4. The van der Waals surface area contributed by atoms with Crippen molar-refractivity contribution in [2.45, 2.75) is 25.8 Å². The van der Waals surface area contributed by atoms with Crippen LogP contribution in [0.15, 0.2) is 12.5 Å². The van der Waals surface area contributed by atoms with E-state index in [-0.39, 0.29) is 24.1 Å². The average molecular weight is 250 g/mol. The Balaban J connectivity index is 1.94. The topological polar surface area (TPSA) is 95.2 Å². The van der Waals surface area contributed by atoms with Gasteiger partial charge in [0.15, 0.2) is 0 Å². The lowest BCUT2D eigenvalue weighted by atomic mass is 10.2. The van der Waals surface area contributed by atoms with E-state index in [4.69, 9.17) is 0 Å². The predicted molar refractivity (Wildman–Crippen MR) is 61.2 cm³/mol. The van der Waals surface area contributed by atoms with Crippen molar-refractivity contribution in [3.05, 3.63) is 18.2 Å². The average Bonchev–Trinajstić information content (AvgIpc) is 2.87. The molecule has 0 bridgehead atoms. The Morgan fingerprint density at radius 3 is 3.00 bits per heavy atom. The molecule has 1 aliphatic rings. The first kappa shape index (κ1) is 12.3. The highest BCUT2D eigenvalue weighted by atomic mass is 16.2. The summed E-state index contributed by atoms with van der Waals surface area (Å²) in [6.45, 7) is 1.63. The highest BCUT2D eigenvalue weighted by Gasteiger charge is 2.38. The van der Waals surface area contributed by atoms with Crippen molar-refractivity contribution in [2.24, 2.45) is 0 Å². The molecule has 0 spiro atoms. The van der Waals surface area contributed by atoms with Gasteiger partial charge < -0.3 is 10.3 Å². The van der Waals surface area contributed by atoms with Crippen LogP contribution in [0.3, 0.4) is 0 Å². The van der Waals surface area contributed by atoms with E-state index in [1.165, 1.54) is 11.8 Å². The molecular formula is C11H14N4O3. The normalized spacial score (nSPS) is 19.4. The summed E-state index contributed by atoms with van der Waals surface area (Å²) in [5.41, 5.74) is 0.860. The van der Waals surface area contributed by atoms with Crippen LogP contribution in [0.2, 0.25) is 0 Å². The van der Waals surface area contributed by atoms with Gasteiger partial charge in [-0.2, -0.15) is 0 Å². The van der Waals surface area contributed by atoms with Gasteiger partial charge in [0, 0.05) is 31.8 Å². The quantitative estimate of drug-likeness (QED) is 0.685. The van der Waals surface area contributed by atoms with Gasteiger partial charge in [0.1, 0.15) is 6.04 Å². The summed E-state index contributed by atoms with van der Waals surface area (Å²) in [5.74, 6) is -0.899. The van der Waals surface area contributed by atoms with E-state index in [0.717, 1.165) is 5.69 Å². The van der Waals surface area contributed by atoms with Crippen LogP contribution in [0.1, 0.15) is 19.0 Å². The molecule has 1 aliphatic heterocycles. The zero-order chi connectivity index (χ0) is 13.1. The predicted octanol–water partition coefficient (Wildman–Crippen LogP) is -0.784. The first-order chi connectivity index (χ1) is 8.58. The Bertz CT molecular complexity index is 469. The molecule has 18 heavy (non-hydrogen) atoms. The standard InChI is InChI=1S/C11H14N4O3/c1-7(16)14-9-4-10(17)15(11(9)18)3-2-8-5-12-6-13-8/h5-6,9H,2-4H2,1H3,(H,12,13)(H,14,16). The molecule has 0 radical (unpaired) electrons. The van der Waals surface area contributed by atoms with Crippen LogP contribution in [0.4, 0.5) is 0 Å². The first-order valence-electron chi connectivity index (χ1n) is 5.66. The highest BCUT2D eigenvalue weighted by molar-refractivity contribution is 6.06. The molecule has 1 atom stereocenters. The number of hydrogen-bond donors (Lipinski definition) is 2. The second kappa shape index (κ2) is 4.99. The monoisotopic (exact) mass is 250 g/mol. The third-order valence-corrected chi connectivity index (χ3v) is 2.78. The molecule has 0 saturated carbocycles. The van der Waals surface area contributed by atoms with E-state index in [2.05, 4.69) is 15.3 Å². The molecule has 7 nitrogen and oxygen atoms in total. The molecule has 2 heterocycles. The van der Waals surface area contributed by atoms with Crippen LogP contribution >= 0.6 is 0 Å². The summed E-state index contributed by atoms with van der Waals surface area (Å²) in [7, 11) is 0. The minimum atomic E-state index is -0.711. The van der Waals surface area contributed by atoms with Crippen molar-refractivity contribution in [3.8, 4) is 0 Å². The lowest BCUT2D eigenvalue weighted by molar-refractivity contribution is -0.139. The molecule has 0 aliphatic carbocycles. The largest absolute Gasteiger partial charge is 0.348 e. The zero-order valence-electron chi connectivity index (χ0n) is 9.97. The van der Waals surface area contributed by atoms with Crippen molar-refractivity contribution in [2.75, 3.05) is 6.54 Å². The van der Waals surface area contributed by atoms with Gasteiger partial charge in [-0.05, 0) is 0 Å². The van der Waals surface area contributed by atoms with Crippen molar-refractivity contribution in [1.29, 1.82) is 0 Å². The van der Waals surface area contributed by atoms with Crippen molar-refractivity contribution in [1.82, 2.24) is 20.2 Å². The maximum Gasteiger partial charge on any atom is 0.252 e. The van der Waals surface area contributed by atoms with Gasteiger partial charge in [-0.25, -0.2) is 4.98 Å². The van der Waals surface area contributed by atoms with E-state index in [0.29, 0.717) is 13.0 Å². The fourth-order valence-electron chi connectivity index (χ4n) is 1.93. The van der Waals surface area contributed by atoms with Crippen LogP contribution in [-0.4, -0.2) is 45.2 Å². The summed E-state index contributed by atoms with van der Waals surface area (Å²) in [4.78, 5) is 42.4. The number of rotatable bonds is 4. The molecule has 1 unspecified atom stereocenters. The van der Waals surface area contributed by atoms with E-state index in [1.54, 1.807) is 12.5 Å². The van der Waals surface area contributed by atoms with Gasteiger partial charge in [-0.3, -0.25) is 19.3 Å². The molecule has 7 heteroatoms. The molecule has 96 valence electrons. The van der Waals surface area contributed by atoms with Crippen LogP contribution in [-0.2, 0) is 20.8 Å². The fourth-order valence-corrected chi connectivity index (χ4v) is 1.93. The summed E-state index contributed by atoms with van der Waals surface area (Å²) in [6, 6.07) is -0.711. The molecule has 3 amide bonds. The van der Waals surface area contributed by atoms with Gasteiger partial charge >= 0.3 is 0 Å². The molecule has 0 aromatic carbocycles. The minimum absolute atomic E-state index is 0.0430. The van der Waals surface area contributed by atoms with Crippen LogP contribution in [0, 0.1) is 0 Å². The number of carbonyl (C=O) groups is 3. The third-order valence-electron chi connectivity index (χ3n) is 2.78. The summed E-state index contributed by atoms with van der Waals surface area (Å²) >= 11 is 0. The molecular weight excluding hydrogens is 236 g/mol. The molecule has 1 aromatic rings. The number of imide groups is 1. The van der Waals surface area contributed by atoms with E-state index >= 15 is 0 Å². The zero-order valence-corrected chi connectivity index (χ0v) is 9.97. The Morgan fingerprint density at radius 2 is 2.39 bits per heavy atom. The number of aromatic amines is 1. The Labute approximate surface area is 104 Å². The second-order valence-corrected chi connectivity index (χ2v) is 4.17. The SMILES string of the molecule is CC(=O)NC1CC(=O)N(CCc2cnc[nH]2)C1=O. The third kappa shape index (κ3) is 2.55. The van der Waals surface area contributed by atoms with E-state index in [1.807, 2.05) is 0 Å². The molecule has 1 saturated heterocycles. The Morgan fingerprint density at radius 1 is 1.61 bits per heavy atom. The molecule has 1 fully saturated rings. The first-order valence-corrected chi connectivity index (χ1v) is 5.66. The lowest BCUT2D eigenvalue weighted by Crippen LogP contribution is -2.41. The maximum atomic E-state index is 11.9. The molecule has 1 aromatic heterocycles. The van der Waals surface area contributed by atoms with Crippen molar-refractivity contribution < 1.29 is 14.4 Å². The Hall–Kier alpha value is -2.18. The van der Waals surface area contributed by atoms with Crippen LogP contribution in [0.25, 0.3) is 0 Å². The van der Waals surface area contributed by atoms with Crippen molar-refractivity contribution in [3.63, 3.8) is 0 Å². The summed E-state index contributed by atoms with van der Waals surface area (Å²) in [5, 5.41) is 2.47. The number of amides is 3. The molecule has 2 rings (SSSR count). The minimum Gasteiger partial charge on any atom is -0.348 e. The number of aromatic nitrogens is 2. The fraction of sp³-hybridized carbons (Fsp3) is 0.455. The number of likely N-dealkylation sites (tertiary alicyclic amines) is 1. The summed E-state index contributed by atoms with van der Waals surface area (Å²) in [6.07, 6.45) is 3.77. The maximum absolute atomic E-state index is 11.9. The van der Waals surface area contributed by atoms with Crippen molar-refractivity contribution >= 4 is 17.7 Å². The highest BCUT2D eigenvalue weighted by Crippen LogP contribution is 2.13. The number of imidazole rings is 1. The second-order valence-electron chi connectivity index (χ2n) is 4.17. The van der Waals surface area contributed by atoms with Gasteiger partial charge in [-0.15, -0.1) is 0 Å². The van der Waals surface area contributed by atoms with E-state index < -0.39 is 6.04 Å². The summed E-state index contributed by atoms with van der Waals surface area (Å²) < 4.78 is 0.